The predicted octanol–water partition coefficient (Wildman–Crippen LogP) is 1.51. The van der Waals surface area contributed by atoms with E-state index in [4.69, 9.17) is 4.74 Å². The van der Waals surface area contributed by atoms with E-state index in [9.17, 15) is 14.4 Å². The standard InChI is InChI=1S/C12H18O4/c1-5-16-10(15)12(6-8(13)7-12)9(14)11(2,3)4/h5-7H2,1-4H3. The molecule has 0 unspecified atom stereocenters. The van der Waals surface area contributed by atoms with Gasteiger partial charge >= 0.3 is 5.97 Å². The van der Waals surface area contributed by atoms with Crippen molar-refractivity contribution < 1.29 is 19.1 Å². The van der Waals surface area contributed by atoms with Crippen molar-refractivity contribution in [2.24, 2.45) is 10.8 Å². The Labute approximate surface area is 95.3 Å². The Balaban J connectivity index is 2.95. The first-order chi connectivity index (χ1) is 7.24. The molecule has 0 atom stereocenters. The second-order valence-corrected chi connectivity index (χ2v) is 5.27. The molecule has 0 amide bonds. The molecule has 4 heteroatoms. The van der Waals surface area contributed by atoms with E-state index in [1.165, 1.54) is 0 Å². The summed E-state index contributed by atoms with van der Waals surface area (Å²) < 4.78 is 4.90. The molecule has 0 saturated heterocycles. The van der Waals surface area contributed by atoms with E-state index >= 15 is 0 Å². The fourth-order valence-corrected chi connectivity index (χ4v) is 2.01. The monoisotopic (exact) mass is 226 g/mol. The highest BCUT2D eigenvalue weighted by atomic mass is 16.5. The summed E-state index contributed by atoms with van der Waals surface area (Å²) in [6.07, 6.45) is 0.00384. The van der Waals surface area contributed by atoms with Gasteiger partial charge in [0.05, 0.1) is 6.61 Å². The normalized spacial score (nSPS) is 18.9. The lowest BCUT2D eigenvalue weighted by atomic mass is 9.60. The molecule has 0 N–H and O–H groups in total. The maximum atomic E-state index is 12.2. The minimum atomic E-state index is -1.20. The van der Waals surface area contributed by atoms with Crippen LogP contribution in [0.3, 0.4) is 0 Å². The molecular formula is C12H18O4. The van der Waals surface area contributed by atoms with E-state index in [2.05, 4.69) is 0 Å². The number of carbonyl (C=O) groups is 3. The molecule has 1 fully saturated rings. The van der Waals surface area contributed by atoms with Crippen LogP contribution in [0.15, 0.2) is 0 Å². The third kappa shape index (κ3) is 2.01. The molecule has 0 aromatic heterocycles. The first-order valence-corrected chi connectivity index (χ1v) is 5.48. The van der Waals surface area contributed by atoms with Gasteiger partial charge in [-0.15, -0.1) is 0 Å². The molecule has 0 heterocycles. The van der Waals surface area contributed by atoms with Crippen molar-refractivity contribution in [3.8, 4) is 0 Å². The van der Waals surface area contributed by atoms with Crippen LogP contribution in [0.25, 0.3) is 0 Å². The first kappa shape index (κ1) is 12.9. The van der Waals surface area contributed by atoms with Gasteiger partial charge in [-0.3, -0.25) is 14.4 Å². The van der Waals surface area contributed by atoms with Crippen LogP contribution in [0, 0.1) is 10.8 Å². The van der Waals surface area contributed by atoms with Gasteiger partial charge in [-0.25, -0.2) is 0 Å². The quantitative estimate of drug-likeness (QED) is 0.540. The molecule has 90 valence electrons. The van der Waals surface area contributed by atoms with Gasteiger partial charge < -0.3 is 4.74 Å². The second kappa shape index (κ2) is 4.00. The number of hydrogen-bond acceptors (Lipinski definition) is 4. The molecule has 0 aliphatic heterocycles. The Morgan fingerprint density at radius 1 is 1.31 bits per heavy atom. The van der Waals surface area contributed by atoms with Crippen LogP contribution in [0.2, 0.25) is 0 Å². The lowest BCUT2D eigenvalue weighted by Crippen LogP contribution is -2.54. The lowest BCUT2D eigenvalue weighted by molar-refractivity contribution is -0.173. The Morgan fingerprint density at radius 3 is 2.12 bits per heavy atom. The summed E-state index contributed by atoms with van der Waals surface area (Å²) in [7, 11) is 0. The minimum Gasteiger partial charge on any atom is -0.465 e. The van der Waals surface area contributed by atoms with Crippen molar-refractivity contribution >= 4 is 17.5 Å². The van der Waals surface area contributed by atoms with Crippen molar-refractivity contribution in [3.05, 3.63) is 0 Å². The number of hydrogen-bond donors (Lipinski definition) is 0. The molecule has 0 bridgehead atoms. The van der Waals surface area contributed by atoms with Crippen LogP contribution < -0.4 is 0 Å². The summed E-state index contributed by atoms with van der Waals surface area (Å²) in [6, 6.07) is 0. The fourth-order valence-electron chi connectivity index (χ4n) is 2.01. The second-order valence-electron chi connectivity index (χ2n) is 5.27. The molecule has 0 aromatic carbocycles. The zero-order valence-corrected chi connectivity index (χ0v) is 10.3. The number of esters is 1. The van der Waals surface area contributed by atoms with E-state index in [-0.39, 0.29) is 31.0 Å². The van der Waals surface area contributed by atoms with E-state index in [1.54, 1.807) is 27.7 Å². The van der Waals surface area contributed by atoms with Gasteiger partial charge in [0, 0.05) is 18.3 Å². The minimum absolute atomic E-state index is 0.00192. The summed E-state index contributed by atoms with van der Waals surface area (Å²) >= 11 is 0. The average molecular weight is 226 g/mol. The van der Waals surface area contributed by atoms with Gasteiger partial charge in [-0.2, -0.15) is 0 Å². The van der Waals surface area contributed by atoms with Crippen molar-refractivity contribution in [1.82, 2.24) is 0 Å². The first-order valence-electron chi connectivity index (χ1n) is 5.48. The maximum Gasteiger partial charge on any atom is 0.320 e. The summed E-state index contributed by atoms with van der Waals surface area (Å²) in [5.41, 5.74) is -1.83. The Morgan fingerprint density at radius 2 is 1.81 bits per heavy atom. The van der Waals surface area contributed by atoms with E-state index in [0.29, 0.717) is 0 Å². The van der Waals surface area contributed by atoms with Gasteiger partial charge in [-0.05, 0) is 6.92 Å². The van der Waals surface area contributed by atoms with Crippen molar-refractivity contribution in [2.75, 3.05) is 6.61 Å². The Hall–Kier alpha value is -1.19. The number of ketones is 2. The zero-order valence-electron chi connectivity index (χ0n) is 10.3. The topological polar surface area (TPSA) is 60.4 Å². The summed E-state index contributed by atoms with van der Waals surface area (Å²) in [5.74, 6) is -0.793. The highest BCUT2D eigenvalue weighted by molar-refractivity contribution is 6.15. The fraction of sp³-hybridized carbons (Fsp3) is 0.750. The highest BCUT2D eigenvalue weighted by Gasteiger charge is 2.59. The average Bonchev–Trinajstić information content (AvgIpc) is 2.10. The van der Waals surface area contributed by atoms with Crippen LogP contribution in [-0.4, -0.2) is 24.1 Å². The lowest BCUT2D eigenvalue weighted by Gasteiger charge is -2.40. The molecule has 1 aliphatic carbocycles. The smallest absolute Gasteiger partial charge is 0.320 e. The number of ether oxygens (including phenoxy) is 1. The van der Waals surface area contributed by atoms with Gasteiger partial charge in [0.1, 0.15) is 11.2 Å². The van der Waals surface area contributed by atoms with Gasteiger partial charge in [-0.1, -0.05) is 20.8 Å². The van der Waals surface area contributed by atoms with Crippen LogP contribution in [0.5, 0.6) is 0 Å². The molecule has 1 rings (SSSR count). The molecule has 0 spiro atoms. The molecule has 0 aromatic rings. The van der Waals surface area contributed by atoms with Crippen molar-refractivity contribution in [2.45, 2.75) is 40.5 Å². The van der Waals surface area contributed by atoms with Crippen molar-refractivity contribution in [1.29, 1.82) is 0 Å². The van der Waals surface area contributed by atoms with E-state index in [0.717, 1.165) is 0 Å². The summed E-state index contributed by atoms with van der Waals surface area (Å²) in [5, 5.41) is 0. The summed E-state index contributed by atoms with van der Waals surface area (Å²) in [4.78, 5) is 35.1. The molecular weight excluding hydrogens is 208 g/mol. The SMILES string of the molecule is CCOC(=O)C1(C(=O)C(C)(C)C)CC(=O)C1. The number of carbonyl (C=O) groups excluding carboxylic acids is 3. The Kier molecular flexibility index (Phi) is 3.22. The van der Waals surface area contributed by atoms with E-state index in [1.807, 2.05) is 0 Å². The third-order valence-electron chi connectivity index (χ3n) is 2.78. The predicted molar refractivity (Wildman–Crippen MR) is 57.8 cm³/mol. The van der Waals surface area contributed by atoms with Gasteiger partial charge in [0.2, 0.25) is 0 Å². The molecule has 16 heavy (non-hydrogen) atoms. The van der Waals surface area contributed by atoms with Crippen LogP contribution >= 0.6 is 0 Å². The highest BCUT2D eigenvalue weighted by Crippen LogP contribution is 2.44. The van der Waals surface area contributed by atoms with Crippen LogP contribution in [0.1, 0.15) is 40.5 Å². The Bertz CT molecular complexity index is 327. The number of Topliss-reactive ketones (excluding diaryl/α,β-unsaturated/α-hetero) is 2. The molecule has 1 aliphatic rings. The molecule has 1 saturated carbocycles. The number of rotatable bonds is 3. The van der Waals surface area contributed by atoms with Crippen LogP contribution in [0.4, 0.5) is 0 Å². The molecule has 4 nitrogen and oxygen atoms in total. The summed E-state index contributed by atoms with van der Waals surface area (Å²) in [6.45, 7) is 7.16. The van der Waals surface area contributed by atoms with E-state index < -0.39 is 16.8 Å². The van der Waals surface area contributed by atoms with Gasteiger partial charge in [0.25, 0.3) is 0 Å². The maximum absolute atomic E-state index is 12.2. The largest absolute Gasteiger partial charge is 0.465 e. The molecule has 0 radical (unpaired) electrons. The zero-order chi connectivity index (χ0) is 12.6. The third-order valence-corrected chi connectivity index (χ3v) is 2.78. The van der Waals surface area contributed by atoms with Crippen molar-refractivity contribution in [3.63, 3.8) is 0 Å². The van der Waals surface area contributed by atoms with Gasteiger partial charge in [0.15, 0.2) is 5.78 Å². The van der Waals surface area contributed by atoms with Crippen LogP contribution in [-0.2, 0) is 19.1 Å².